The number of benzene rings is 2. The van der Waals surface area contributed by atoms with Crippen LogP contribution in [0.1, 0.15) is 11.3 Å². The van der Waals surface area contributed by atoms with Gasteiger partial charge >= 0.3 is 0 Å². The molecule has 0 amide bonds. The number of hydrogen-bond acceptors (Lipinski definition) is 3. The van der Waals surface area contributed by atoms with Gasteiger partial charge in [-0.05, 0) is 36.8 Å². The smallest absolute Gasteiger partial charge is 0.152 e. The lowest BCUT2D eigenvalue weighted by Gasteiger charge is -2.09. The number of nitrogens with zero attached hydrogens (tertiary/aromatic N) is 1. The van der Waals surface area contributed by atoms with Crippen LogP contribution >= 0.6 is 11.6 Å². The Hall–Kier alpha value is -2.78. The molecule has 3 nitrogen and oxygen atoms in total. The van der Waals surface area contributed by atoms with Gasteiger partial charge < -0.3 is 9.15 Å². The zero-order valence-corrected chi connectivity index (χ0v) is 14.5. The molecular formula is C21H16ClNO2. The van der Waals surface area contributed by atoms with E-state index in [9.17, 15) is 0 Å². The van der Waals surface area contributed by atoms with Crippen molar-refractivity contribution < 1.29 is 9.15 Å². The molecular weight excluding hydrogens is 334 g/mol. The lowest BCUT2D eigenvalue weighted by molar-refractivity contribution is 0.306. The normalized spacial score (nSPS) is 11.0. The largest absolute Gasteiger partial charge is 0.486 e. The van der Waals surface area contributed by atoms with Crippen LogP contribution in [0, 0.1) is 6.92 Å². The highest BCUT2D eigenvalue weighted by molar-refractivity contribution is 6.30. The monoisotopic (exact) mass is 349 g/mol. The van der Waals surface area contributed by atoms with Gasteiger partial charge in [-0.1, -0.05) is 41.9 Å². The van der Waals surface area contributed by atoms with E-state index in [1.807, 2.05) is 67.7 Å². The van der Waals surface area contributed by atoms with Gasteiger partial charge in [-0.25, -0.2) is 0 Å². The first-order valence-electron chi connectivity index (χ1n) is 8.02. The van der Waals surface area contributed by atoms with Crippen LogP contribution in [0.2, 0.25) is 5.02 Å². The highest BCUT2D eigenvalue weighted by Gasteiger charge is 2.15. The molecule has 2 aromatic carbocycles. The van der Waals surface area contributed by atoms with E-state index >= 15 is 0 Å². The van der Waals surface area contributed by atoms with E-state index in [1.54, 1.807) is 6.26 Å². The van der Waals surface area contributed by atoms with Crippen molar-refractivity contribution in [2.45, 2.75) is 13.5 Å². The summed E-state index contributed by atoms with van der Waals surface area (Å²) in [6.07, 6.45) is 3.56. The fraction of sp³-hybridized carbons (Fsp3) is 0.0952. The van der Waals surface area contributed by atoms with Crippen LogP contribution in [-0.4, -0.2) is 4.98 Å². The highest BCUT2D eigenvalue weighted by Crippen LogP contribution is 2.37. The van der Waals surface area contributed by atoms with E-state index < -0.39 is 0 Å². The summed E-state index contributed by atoms with van der Waals surface area (Å²) in [7, 11) is 0. The number of ether oxygens (including phenoxy) is 1. The quantitative estimate of drug-likeness (QED) is 0.451. The summed E-state index contributed by atoms with van der Waals surface area (Å²) in [5.41, 5.74) is 2.91. The molecule has 0 aliphatic carbocycles. The first-order valence-corrected chi connectivity index (χ1v) is 8.39. The summed E-state index contributed by atoms with van der Waals surface area (Å²) in [6.45, 7) is 2.43. The first-order chi connectivity index (χ1) is 12.2. The van der Waals surface area contributed by atoms with Crippen LogP contribution in [0.5, 0.6) is 5.75 Å². The molecule has 0 radical (unpaired) electrons. The summed E-state index contributed by atoms with van der Waals surface area (Å²) < 4.78 is 11.9. The summed E-state index contributed by atoms with van der Waals surface area (Å²) in [6, 6.07) is 17.6. The molecule has 4 aromatic rings. The van der Waals surface area contributed by atoms with Crippen molar-refractivity contribution >= 4 is 22.4 Å². The molecule has 0 saturated heterocycles. The van der Waals surface area contributed by atoms with Crippen molar-refractivity contribution in [3.8, 4) is 17.1 Å². The van der Waals surface area contributed by atoms with E-state index in [2.05, 4.69) is 4.98 Å². The molecule has 2 aromatic heterocycles. The molecule has 0 atom stereocenters. The number of hydrogen-bond donors (Lipinski definition) is 0. The van der Waals surface area contributed by atoms with E-state index in [-0.39, 0.29) is 0 Å². The van der Waals surface area contributed by atoms with Gasteiger partial charge in [0.15, 0.2) is 5.75 Å². The Morgan fingerprint density at radius 3 is 2.52 bits per heavy atom. The molecule has 0 aliphatic rings. The fourth-order valence-corrected chi connectivity index (χ4v) is 2.95. The van der Waals surface area contributed by atoms with Gasteiger partial charge in [0.05, 0.1) is 16.5 Å². The Labute approximate surface area is 150 Å². The van der Waals surface area contributed by atoms with Gasteiger partial charge in [0.2, 0.25) is 0 Å². The number of fused-ring (bicyclic) bond motifs is 1. The average Bonchev–Trinajstić information content (AvgIpc) is 3.06. The molecule has 0 bridgehead atoms. The van der Waals surface area contributed by atoms with E-state index in [0.717, 1.165) is 39.1 Å². The molecule has 0 fully saturated rings. The third-order valence-corrected chi connectivity index (χ3v) is 4.37. The molecule has 4 rings (SSSR count). The molecule has 0 spiro atoms. The topological polar surface area (TPSA) is 35.3 Å². The third kappa shape index (κ3) is 3.11. The summed E-state index contributed by atoms with van der Waals surface area (Å²) in [4.78, 5) is 4.48. The van der Waals surface area contributed by atoms with Crippen LogP contribution in [0.15, 0.2) is 71.5 Å². The van der Waals surface area contributed by atoms with Crippen molar-refractivity contribution in [3.63, 3.8) is 0 Å². The van der Waals surface area contributed by atoms with E-state index in [4.69, 9.17) is 20.8 Å². The summed E-state index contributed by atoms with van der Waals surface area (Å²) >= 11 is 5.97. The van der Waals surface area contributed by atoms with Crippen LogP contribution in [0.3, 0.4) is 0 Å². The van der Waals surface area contributed by atoms with Crippen molar-refractivity contribution in [2.75, 3.05) is 0 Å². The Balaban J connectivity index is 1.72. The van der Waals surface area contributed by atoms with Crippen molar-refractivity contribution in [1.29, 1.82) is 0 Å². The van der Waals surface area contributed by atoms with Crippen LogP contribution in [0.4, 0.5) is 0 Å². The number of aromatic nitrogens is 1. The first kappa shape index (κ1) is 15.7. The van der Waals surface area contributed by atoms with Gasteiger partial charge in [-0.2, -0.15) is 0 Å². The SMILES string of the molecule is Cc1ncc2c(-c3ccc(Cl)cc3)occ2c1OCc1ccccc1. The minimum atomic E-state index is 0.490. The minimum Gasteiger partial charge on any atom is -0.486 e. The van der Waals surface area contributed by atoms with Crippen molar-refractivity contribution in [3.05, 3.63) is 83.3 Å². The molecule has 2 heterocycles. The second-order valence-corrected chi connectivity index (χ2v) is 6.28. The molecule has 0 aliphatic heterocycles. The zero-order chi connectivity index (χ0) is 17.2. The number of halogens is 1. The molecule has 25 heavy (non-hydrogen) atoms. The number of furan rings is 1. The molecule has 0 N–H and O–H groups in total. The predicted octanol–water partition coefficient (Wildman–Crippen LogP) is 6.04. The second-order valence-electron chi connectivity index (χ2n) is 5.85. The number of rotatable bonds is 4. The van der Waals surface area contributed by atoms with Gasteiger partial charge in [-0.15, -0.1) is 0 Å². The lowest BCUT2D eigenvalue weighted by Crippen LogP contribution is -1.98. The maximum Gasteiger partial charge on any atom is 0.152 e. The number of aryl methyl sites for hydroxylation is 1. The van der Waals surface area contributed by atoms with Crippen molar-refractivity contribution in [1.82, 2.24) is 4.98 Å². The summed E-state index contributed by atoms with van der Waals surface area (Å²) in [5.74, 6) is 1.52. The number of pyridine rings is 1. The van der Waals surface area contributed by atoms with Crippen LogP contribution < -0.4 is 4.74 Å². The fourth-order valence-electron chi connectivity index (χ4n) is 2.82. The van der Waals surface area contributed by atoms with Crippen LogP contribution in [-0.2, 0) is 6.61 Å². The second kappa shape index (κ2) is 6.61. The van der Waals surface area contributed by atoms with Gasteiger partial charge in [0.1, 0.15) is 18.6 Å². The minimum absolute atomic E-state index is 0.490. The molecule has 4 heteroatoms. The lowest BCUT2D eigenvalue weighted by atomic mass is 10.1. The molecule has 0 unspecified atom stereocenters. The zero-order valence-electron chi connectivity index (χ0n) is 13.7. The predicted molar refractivity (Wildman–Crippen MR) is 100.0 cm³/mol. The Bertz CT molecular complexity index is 1010. The Morgan fingerprint density at radius 1 is 1.00 bits per heavy atom. The highest BCUT2D eigenvalue weighted by atomic mass is 35.5. The Kier molecular flexibility index (Phi) is 4.16. The standard InChI is InChI=1S/C21H16ClNO2/c1-14-20(24-12-15-5-3-2-4-6-15)19-13-25-21(18(19)11-23-14)16-7-9-17(22)10-8-16/h2-11,13H,12H2,1H3. The summed E-state index contributed by atoms with van der Waals surface area (Å²) in [5, 5.41) is 2.55. The molecule has 0 saturated carbocycles. The van der Waals surface area contributed by atoms with E-state index in [1.165, 1.54) is 0 Å². The van der Waals surface area contributed by atoms with Gasteiger partial charge in [0.25, 0.3) is 0 Å². The van der Waals surface area contributed by atoms with Gasteiger partial charge in [0, 0.05) is 16.8 Å². The van der Waals surface area contributed by atoms with Crippen molar-refractivity contribution in [2.24, 2.45) is 0 Å². The van der Waals surface area contributed by atoms with E-state index in [0.29, 0.717) is 11.6 Å². The maximum atomic E-state index is 6.06. The van der Waals surface area contributed by atoms with Crippen LogP contribution in [0.25, 0.3) is 22.1 Å². The Morgan fingerprint density at radius 2 is 1.76 bits per heavy atom. The maximum absolute atomic E-state index is 6.06. The third-order valence-electron chi connectivity index (χ3n) is 4.12. The molecule has 124 valence electrons. The average molecular weight is 350 g/mol. The van der Waals surface area contributed by atoms with Gasteiger partial charge in [-0.3, -0.25) is 4.98 Å².